The molecule has 0 unspecified atom stereocenters. The van der Waals surface area contributed by atoms with Crippen molar-refractivity contribution in [2.75, 3.05) is 18.4 Å². The zero-order chi connectivity index (χ0) is 25.3. The zero-order valence-corrected chi connectivity index (χ0v) is 19.3. The van der Waals surface area contributed by atoms with Crippen LogP contribution in [0.15, 0.2) is 103 Å². The Hall–Kier alpha value is -4.78. The number of hydrogen-bond donors (Lipinski definition) is 3. The van der Waals surface area contributed by atoms with Gasteiger partial charge >= 0.3 is 0 Å². The van der Waals surface area contributed by atoms with Crippen LogP contribution in [0.4, 0.5) is 10.1 Å². The Balaban J connectivity index is 1.21. The van der Waals surface area contributed by atoms with E-state index in [4.69, 9.17) is 0 Å². The molecule has 0 aliphatic carbocycles. The molecule has 4 rings (SSSR count). The lowest BCUT2D eigenvalue weighted by molar-refractivity contribution is 0.0927. The van der Waals surface area contributed by atoms with Crippen molar-refractivity contribution < 1.29 is 18.8 Å². The average molecular weight is 482 g/mol. The number of anilines is 1. The van der Waals surface area contributed by atoms with Crippen molar-refractivity contribution in [2.45, 2.75) is 0 Å². The number of carbonyl (C=O) groups excluding carboxylic acids is 3. The quantitative estimate of drug-likeness (QED) is 0.313. The number of amides is 3. The van der Waals surface area contributed by atoms with Crippen LogP contribution in [0, 0.1) is 5.82 Å². The van der Waals surface area contributed by atoms with Gasteiger partial charge < -0.3 is 16.0 Å². The Morgan fingerprint density at radius 3 is 1.53 bits per heavy atom. The molecule has 0 aliphatic heterocycles. The Bertz CT molecular complexity index is 1340. The van der Waals surface area contributed by atoms with Crippen molar-refractivity contribution in [3.8, 4) is 11.1 Å². The van der Waals surface area contributed by atoms with Gasteiger partial charge in [-0.1, -0.05) is 42.5 Å². The van der Waals surface area contributed by atoms with E-state index >= 15 is 0 Å². The molecule has 0 aliphatic rings. The highest BCUT2D eigenvalue weighted by atomic mass is 19.1. The minimum absolute atomic E-state index is 0.217. The number of rotatable bonds is 8. The van der Waals surface area contributed by atoms with E-state index in [9.17, 15) is 18.8 Å². The number of halogens is 1. The lowest BCUT2D eigenvalue weighted by Crippen LogP contribution is -2.34. The van der Waals surface area contributed by atoms with Crippen LogP contribution in [0.5, 0.6) is 0 Å². The van der Waals surface area contributed by atoms with Gasteiger partial charge in [0, 0.05) is 35.5 Å². The summed E-state index contributed by atoms with van der Waals surface area (Å²) in [5, 5.41) is 8.24. The van der Waals surface area contributed by atoms with Gasteiger partial charge in [-0.05, 0) is 71.8 Å². The van der Waals surface area contributed by atoms with Gasteiger partial charge in [0.2, 0.25) is 0 Å². The van der Waals surface area contributed by atoms with E-state index in [1.165, 1.54) is 24.3 Å². The second-order valence-electron chi connectivity index (χ2n) is 7.99. The van der Waals surface area contributed by atoms with Crippen LogP contribution in [-0.2, 0) is 0 Å². The summed E-state index contributed by atoms with van der Waals surface area (Å²) < 4.78 is 13.0. The van der Waals surface area contributed by atoms with Gasteiger partial charge in [0.1, 0.15) is 5.82 Å². The van der Waals surface area contributed by atoms with Crippen molar-refractivity contribution in [3.05, 3.63) is 126 Å². The molecule has 0 radical (unpaired) electrons. The monoisotopic (exact) mass is 481 g/mol. The molecule has 0 atom stereocenters. The maximum atomic E-state index is 13.0. The summed E-state index contributed by atoms with van der Waals surface area (Å²) in [5.41, 5.74) is 3.90. The lowest BCUT2D eigenvalue weighted by atomic mass is 10.0. The van der Waals surface area contributed by atoms with E-state index in [0.717, 1.165) is 11.1 Å². The first-order chi connectivity index (χ1) is 17.5. The van der Waals surface area contributed by atoms with Crippen LogP contribution in [0.2, 0.25) is 0 Å². The molecule has 0 saturated carbocycles. The summed E-state index contributed by atoms with van der Waals surface area (Å²) in [7, 11) is 0. The van der Waals surface area contributed by atoms with Gasteiger partial charge in [-0.2, -0.15) is 0 Å². The van der Waals surface area contributed by atoms with E-state index in [-0.39, 0.29) is 30.8 Å². The van der Waals surface area contributed by atoms with E-state index in [2.05, 4.69) is 16.0 Å². The third-order valence-corrected chi connectivity index (χ3v) is 5.46. The largest absolute Gasteiger partial charge is 0.350 e. The molecule has 0 heterocycles. The van der Waals surface area contributed by atoms with E-state index in [1.54, 1.807) is 36.4 Å². The highest BCUT2D eigenvalue weighted by molar-refractivity contribution is 6.04. The van der Waals surface area contributed by atoms with Gasteiger partial charge in [0.15, 0.2) is 0 Å². The molecule has 4 aromatic rings. The van der Waals surface area contributed by atoms with E-state index in [0.29, 0.717) is 22.4 Å². The van der Waals surface area contributed by atoms with Crippen molar-refractivity contribution in [1.29, 1.82) is 0 Å². The van der Waals surface area contributed by atoms with Crippen molar-refractivity contribution in [1.82, 2.24) is 10.6 Å². The lowest BCUT2D eigenvalue weighted by Gasteiger charge is -2.09. The second kappa shape index (κ2) is 11.6. The Morgan fingerprint density at radius 2 is 0.972 bits per heavy atom. The van der Waals surface area contributed by atoms with Gasteiger partial charge in [-0.15, -0.1) is 0 Å². The molecular weight excluding hydrogens is 457 g/mol. The first kappa shape index (κ1) is 24.3. The topological polar surface area (TPSA) is 87.3 Å². The third kappa shape index (κ3) is 6.42. The molecule has 0 fully saturated rings. The first-order valence-electron chi connectivity index (χ1n) is 11.4. The molecule has 4 aromatic carbocycles. The van der Waals surface area contributed by atoms with Crippen LogP contribution in [0.25, 0.3) is 11.1 Å². The molecule has 0 bridgehead atoms. The predicted molar refractivity (Wildman–Crippen MR) is 137 cm³/mol. The molecule has 180 valence electrons. The fraction of sp³-hybridized carbons (Fsp3) is 0.0690. The Morgan fingerprint density at radius 1 is 0.528 bits per heavy atom. The van der Waals surface area contributed by atoms with Gasteiger partial charge in [-0.3, -0.25) is 14.4 Å². The molecule has 0 spiro atoms. The maximum Gasteiger partial charge on any atom is 0.255 e. The van der Waals surface area contributed by atoms with Crippen LogP contribution < -0.4 is 16.0 Å². The summed E-state index contributed by atoms with van der Waals surface area (Å²) in [4.78, 5) is 37.0. The van der Waals surface area contributed by atoms with Crippen molar-refractivity contribution in [2.24, 2.45) is 0 Å². The molecule has 7 heteroatoms. The van der Waals surface area contributed by atoms with E-state index in [1.807, 2.05) is 42.5 Å². The molecule has 3 N–H and O–H groups in total. The van der Waals surface area contributed by atoms with Gasteiger partial charge in [-0.25, -0.2) is 4.39 Å². The summed E-state index contributed by atoms with van der Waals surface area (Å²) >= 11 is 0. The summed E-state index contributed by atoms with van der Waals surface area (Å²) in [6.45, 7) is 0.534. The molecular formula is C29H24FN3O3. The number of carbonyl (C=O) groups is 3. The first-order valence-corrected chi connectivity index (χ1v) is 11.4. The summed E-state index contributed by atoms with van der Waals surface area (Å²) in [6.07, 6.45) is 0. The third-order valence-electron chi connectivity index (χ3n) is 5.46. The molecule has 6 nitrogen and oxygen atoms in total. The predicted octanol–water partition coefficient (Wildman–Crippen LogP) is 4.90. The number of benzene rings is 4. The summed E-state index contributed by atoms with van der Waals surface area (Å²) in [6, 6.07) is 28.9. The van der Waals surface area contributed by atoms with Crippen LogP contribution >= 0.6 is 0 Å². The standard InChI is InChI=1S/C29H24FN3O3/c30-25-14-10-24(11-15-25)29(36)33-26-16-12-23(13-17-26)28(35)32-19-18-31-27(34)22-8-6-21(7-9-22)20-4-2-1-3-5-20/h1-17H,18-19H2,(H,31,34)(H,32,35)(H,33,36). The van der Waals surface area contributed by atoms with Crippen molar-refractivity contribution >= 4 is 23.4 Å². The molecule has 36 heavy (non-hydrogen) atoms. The highest BCUT2D eigenvalue weighted by Crippen LogP contribution is 2.19. The minimum atomic E-state index is -0.418. The smallest absolute Gasteiger partial charge is 0.255 e. The highest BCUT2D eigenvalue weighted by Gasteiger charge is 2.09. The Kier molecular flexibility index (Phi) is 7.83. The van der Waals surface area contributed by atoms with Crippen LogP contribution in [-0.4, -0.2) is 30.8 Å². The van der Waals surface area contributed by atoms with E-state index < -0.39 is 5.82 Å². The van der Waals surface area contributed by atoms with Crippen LogP contribution in [0.3, 0.4) is 0 Å². The molecule has 3 amide bonds. The normalized spacial score (nSPS) is 10.4. The van der Waals surface area contributed by atoms with Gasteiger partial charge in [0.05, 0.1) is 0 Å². The number of hydrogen-bond acceptors (Lipinski definition) is 3. The second-order valence-corrected chi connectivity index (χ2v) is 7.99. The zero-order valence-electron chi connectivity index (χ0n) is 19.3. The molecule has 0 saturated heterocycles. The number of nitrogens with one attached hydrogen (secondary N) is 3. The maximum absolute atomic E-state index is 13.0. The van der Waals surface area contributed by atoms with Crippen molar-refractivity contribution in [3.63, 3.8) is 0 Å². The Labute approximate surface area is 208 Å². The minimum Gasteiger partial charge on any atom is -0.350 e. The molecule has 0 aromatic heterocycles. The SMILES string of the molecule is O=C(NCCNC(=O)c1ccc(-c2ccccc2)cc1)c1ccc(NC(=O)c2ccc(F)cc2)cc1. The summed E-state index contributed by atoms with van der Waals surface area (Å²) in [5.74, 6) is -1.31. The van der Waals surface area contributed by atoms with Crippen LogP contribution in [0.1, 0.15) is 31.1 Å². The van der Waals surface area contributed by atoms with Gasteiger partial charge in [0.25, 0.3) is 17.7 Å². The fourth-order valence-electron chi connectivity index (χ4n) is 3.51. The fourth-order valence-corrected chi connectivity index (χ4v) is 3.51. The average Bonchev–Trinajstić information content (AvgIpc) is 2.92.